The first-order chi connectivity index (χ1) is 8.16. The van der Waals surface area contributed by atoms with Crippen molar-refractivity contribution in [3.8, 4) is 11.4 Å². The van der Waals surface area contributed by atoms with Crippen LogP contribution in [0.5, 0.6) is 0 Å². The molecule has 2 aromatic rings. The van der Waals surface area contributed by atoms with E-state index in [1.807, 2.05) is 31.2 Å². The average molecular weight is 231 g/mol. The number of rotatable bonds is 4. The zero-order chi connectivity index (χ0) is 12.3. The van der Waals surface area contributed by atoms with Crippen LogP contribution in [0.4, 0.5) is 6.01 Å². The summed E-state index contributed by atoms with van der Waals surface area (Å²) in [5.74, 6) is 1.18. The molecule has 0 aliphatic rings. The van der Waals surface area contributed by atoms with E-state index in [9.17, 15) is 0 Å². The van der Waals surface area contributed by atoms with Crippen molar-refractivity contribution in [2.45, 2.75) is 20.8 Å². The topological polar surface area (TPSA) is 51.0 Å². The third kappa shape index (κ3) is 2.84. The maximum atomic E-state index is 5.15. The van der Waals surface area contributed by atoms with E-state index in [-0.39, 0.29) is 0 Å². The van der Waals surface area contributed by atoms with Crippen LogP contribution in [0.1, 0.15) is 19.4 Å². The molecule has 4 nitrogen and oxygen atoms in total. The maximum absolute atomic E-state index is 5.15. The van der Waals surface area contributed by atoms with Gasteiger partial charge in [-0.15, -0.1) is 0 Å². The number of hydrogen-bond donors (Lipinski definition) is 1. The van der Waals surface area contributed by atoms with Gasteiger partial charge in [0.15, 0.2) is 0 Å². The molecular formula is C13H17N3O. The minimum absolute atomic E-state index is 0.483. The van der Waals surface area contributed by atoms with Crippen molar-refractivity contribution in [2.75, 3.05) is 11.9 Å². The van der Waals surface area contributed by atoms with E-state index in [0.717, 1.165) is 17.7 Å². The molecule has 1 N–H and O–H groups in total. The number of nitrogens with zero attached hydrogens (tertiary/aromatic N) is 2. The fourth-order valence-electron chi connectivity index (χ4n) is 1.52. The molecule has 1 aromatic heterocycles. The fraction of sp³-hybridized carbons (Fsp3) is 0.385. The first kappa shape index (κ1) is 11.6. The zero-order valence-corrected chi connectivity index (χ0v) is 10.4. The van der Waals surface area contributed by atoms with Crippen molar-refractivity contribution in [3.63, 3.8) is 0 Å². The molecule has 0 bridgehead atoms. The summed E-state index contributed by atoms with van der Waals surface area (Å²) in [5, 5.41) is 7.09. The highest BCUT2D eigenvalue weighted by Gasteiger charge is 2.09. The number of aromatic nitrogens is 2. The standard InChI is InChI=1S/C13H17N3O/c1-9(2)8-14-13-15-12(16-17-13)11-7-5-4-6-10(11)3/h4-7,9H,8H2,1-3H3,(H,14,15,16). The average Bonchev–Trinajstić information content (AvgIpc) is 2.75. The normalized spacial score (nSPS) is 10.8. The van der Waals surface area contributed by atoms with Crippen LogP contribution in [0.2, 0.25) is 0 Å². The Bertz CT molecular complexity index is 491. The largest absolute Gasteiger partial charge is 0.337 e. The van der Waals surface area contributed by atoms with Crippen molar-refractivity contribution in [2.24, 2.45) is 5.92 Å². The smallest absolute Gasteiger partial charge is 0.321 e. The molecule has 0 fully saturated rings. The molecule has 1 aromatic carbocycles. The minimum Gasteiger partial charge on any atom is -0.337 e. The summed E-state index contributed by atoms with van der Waals surface area (Å²) < 4.78 is 5.15. The van der Waals surface area contributed by atoms with Gasteiger partial charge in [-0.05, 0) is 18.4 Å². The SMILES string of the molecule is Cc1ccccc1-c1noc(NCC(C)C)n1. The molecule has 0 saturated carbocycles. The Morgan fingerprint density at radius 2 is 2.06 bits per heavy atom. The fourth-order valence-corrected chi connectivity index (χ4v) is 1.52. The molecule has 0 atom stereocenters. The minimum atomic E-state index is 0.483. The van der Waals surface area contributed by atoms with Crippen molar-refractivity contribution < 1.29 is 4.52 Å². The summed E-state index contributed by atoms with van der Waals surface area (Å²) in [6.45, 7) is 7.12. The van der Waals surface area contributed by atoms with Gasteiger partial charge in [-0.3, -0.25) is 0 Å². The first-order valence-corrected chi connectivity index (χ1v) is 5.80. The summed E-state index contributed by atoms with van der Waals surface area (Å²) in [4.78, 5) is 4.32. The molecule has 17 heavy (non-hydrogen) atoms. The van der Waals surface area contributed by atoms with Crippen LogP contribution in [-0.4, -0.2) is 16.7 Å². The number of aryl methyl sites for hydroxylation is 1. The van der Waals surface area contributed by atoms with Crippen LogP contribution in [0.3, 0.4) is 0 Å². The number of benzene rings is 1. The lowest BCUT2D eigenvalue weighted by atomic mass is 10.1. The van der Waals surface area contributed by atoms with E-state index >= 15 is 0 Å². The second kappa shape index (κ2) is 4.99. The zero-order valence-electron chi connectivity index (χ0n) is 10.4. The second-order valence-electron chi connectivity index (χ2n) is 4.51. The molecule has 0 aliphatic heterocycles. The Labute approximate surface area is 101 Å². The van der Waals surface area contributed by atoms with Gasteiger partial charge in [0.1, 0.15) is 0 Å². The van der Waals surface area contributed by atoms with E-state index in [1.165, 1.54) is 0 Å². The van der Waals surface area contributed by atoms with E-state index in [1.54, 1.807) is 0 Å². The van der Waals surface area contributed by atoms with Gasteiger partial charge < -0.3 is 9.84 Å². The third-order valence-corrected chi connectivity index (χ3v) is 2.47. The third-order valence-electron chi connectivity index (χ3n) is 2.47. The van der Waals surface area contributed by atoms with Crippen LogP contribution < -0.4 is 5.32 Å². The molecular weight excluding hydrogens is 214 g/mol. The summed E-state index contributed by atoms with van der Waals surface area (Å²) in [6.07, 6.45) is 0. The Morgan fingerprint density at radius 1 is 1.29 bits per heavy atom. The van der Waals surface area contributed by atoms with Gasteiger partial charge in [0.25, 0.3) is 0 Å². The van der Waals surface area contributed by atoms with Crippen molar-refractivity contribution in [1.82, 2.24) is 10.1 Å². The number of hydrogen-bond acceptors (Lipinski definition) is 4. The monoisotopic (exact) mass is 231 g/mol. The Hall–Kier alpha value is -1.84. The number of nitrogens with one attached hydrogen (secondary N) is 1. The van der Waals surface area contributed by atoms with E-state index in [2.05, 4.69) is 29.3 Å². The van der Waals surface area contributed by atoms with E-state index in [0.29, 0.717) is 17.8 Å². The molecule has 0 unspecified atom stereocenters. The van der Waals surface area contributed by atoms with Gasteiger partial charge in [-0.25, -0.2) is 0 Å². The van der Waals surface area contributed by atoms with Gasteiger partial charge in [-0.2, -0.15) is 4.98 Å². The van der Waals surface area contributed by atoms with Gasteiger partial charge in [0.2, 0.25) is 5.82 Å². The predicted octanol–water partition coefficient (Wildman–Crippen LogP) is 3.11. The van der Waals surface area contributed by atoms with Gasteiger partial charge in [0.05, 0.1) is 0 Å². The first-order valence-electron chi connectivity index (χ1n) is 5.80. The highest BCUT2D eigenvalue weighted by molar-refractivity contribution is 5.59. The molecule has 4 heteroatoms. The summed E-state index contributed by atoms with van der Waals surface area (Å²) >= 11 is 0. The van der Waals surface area contributed by atoms with E-state index < -0.39 is 0 Å². The van der Waals surface area contributed by atoms with Crippen LogP contribution in [-0.2, 0) is 0 Å². The van der Waals surface area contributed by atoms with Crippen molar-refractivity contribution in [3.05, 3.63) is 29.8 Å². The van der Waals surface area contributed by atoms with Crippen molar-refractivity contribution >= 4 is 6.01 Å². The quantitative estimate of drug-likeness (QED) is 0.878. The van der Waals surface area contributed by atoms with Gasteiger partial charge in [0, 0.05) is 12.1 Å². The highest BCUT2D eigenvalue weighted by atomic mass is 16.5. The summed E-state index contributed by atoms with van der Waals surface area (Å²) in [5.41, 5.74) is 2.15. The molecule has 0 spiro atoms. The van der Waals surface area contributed by atoms with E-state index in [4.69, 9.17) is 4.52 Å². The van der Waals surface area contributed by atoms with Crippen LogP contribution in [0, 0.1) is 12.8 Å². The highest BCUT2D eigenvalue weighted by Crippen LogP contribution is 2.21. The van der Waals surface area contributed by atoms with Gasteiger partial charge in [-0.1, -0.05) is 43.3 Å². The lowest BCUT2D eigenvalue weighted by molar-refractivity contribution is 0.429. The molecule has 0 saturated heterocycles. The summed E-state index contributed by atoms with van der Waals surface area (Å²) in [7, 11) is 0. The van der Waals surface area contributed by atoms with Crippen molar-refractivity contribution in [1.29, 1.82) is 0 Å². The molecule has 0 amide bonds. The number of anilines is 1. The lowest BCUT2D eigenvalue weighted by Gasteiger charge is -2.02. The molecule has 2 rings (SSSR count). The molecule has 90 valence electrons. The summed E-state index contributed by atoms with van der Waals surface area (Å²) in [6, 6.07) is 8.48. The van der Waals surface area contributed by atoms with Crippen LogP contribution >= 0.6 is 0 Å². The van der Waals surface area contributed by atoms with Gasteiger partial charge >= 0.3 is 6.01 Å². The van der Waals surface area contributed by atoms with Crippen LogP contribution in [0.25, 0.3) is 11.4 Å². The van der Waals surface area contributed by atoms with Crippen LogP contribution in [0.15, 0.2) is 28.8 Å². The Balaban J connectivity index is 2.16. The second-order valence-corrected chi connectivity index (χ2v) is 4.51. The predicted molar refractivity (Wildman–Crippen MR) is 67.8 cm³/mol. The lowest BCUT2D eigenvalue weighted by Crippen LogP contribution is -2.07. The molecule has 0 aliphatic carbocycles. The Kier molecular flexibility index (Phi) is 3.42. The maximum Gasteiger partial charge on any atom is 0.321 e. The molecule has 0 radical (unpaired) electrons. The Morgan fingerprint density at radius 3 is 2.76 bits per heavy atom. The molecule has 1 heterocycles.